The number of hydrogen-bond acceptors (Lipinski definition) is 6. The van der Waals surface area contributed by atoms with Crippen molar-refractivity contribution in [3.05, 3.63) is 100 Å². The quantitative estimate of drug-likeness (QED) is 0.0993. The molecule has 2 aliphatic heterocycles. The molecule has 0 atom stereocenters. The predicted molar refractivity (Wildman–Crippen MR) is 230 cm³/mol. The summed E-state index contributed by atoms with van der Waals surface area (Å²) in [6.45, 7) is 8.80. The van der Waals surface area contributed by atoms with Crippen LogP contribution >= 0.6 is 22.7 Å². The second-order valence-corrected chi connectivity index (χ2v) is 20.7. The Balaban J connectivity index is 1.40. The molecule has 0 radical (unpaired) electrons. The van der Waals surface area contributed by atoms with Crippen LogP contribution in [0.15, 0.2) is 79.3 Å². The van der Waals surface area contributed by atoms with Gasteiger partial charge in [0.1, 0.15) is 0 Å². The molecule has 3 aliphatic rings. The maximum Gasteiger partial charge on any atom is 0.208 e. The summed E-state index contributed by atoms with van der Waals surface area (Å²) in [5, 5.41) is 4.25. The fourth-order valence-electron chi connectivity index (χ4n) is 7.81. The van der Waals surface area contributed by atoms with Gasteiger partial charge in [-0.05, 0) is 120 Å². The normalized spacial score (nSPS) is 17.9. The first-order valence-corrected chi connectivity index (χ1v) is 25.3. The Labute approximate surface area is 329 Å². The SMILES string of the molecule is CCCCCCC1=C(C2=CC=C(C3=C(CCCCCC)C=C(c4cc(CCCCCC)cs4)S3(=O)=O)C2)S(=O)(=O)C(c2cc(CCCCCC)cs2)=C1. The fraction of sp³-hybridized carbons (Fsp3) is 0.556. The average molecular weight is 795 g/mol. The van der Waals surface area contributed by atoms with E-state index in [2.05, 4.69) is 50.6 Å². The van der Waals surface area contributed by atoms with E-state index in [0.717, 1.165) is 109 Å². The molecule has 5 rings (SSSR count). The van der Waals surface area contributed by atoms with Crippen LogP contribution in [-0.4, -0.2) is 16.8 Å². The number of hydrogen-bond donors (Lipinski definition) is 0. The molecule has 0 unspecified atom stereocenters. The van der Waals surface area contributed by atoms with Crippen molar-refractivity contribution < 1.29 is 16.8 Å². The van der Waals surface area contributed by atoms with Crippen LogP contribution in [0.4, 0.5) is 0 Å². The van der Waals surface area contributed by atoms with Crippen LogP contribution in [0.1, 0.15) is 171 Å². The maximum atomic E-state index is 14.5. The van der Waals surface area contributed by atoms with Gasteiger partial charge in [0.05, 0.1) is 19.6 Å². The van der Waals surface area contributed by atoms with Gasteiger partial charge in [0.2, 0.25) is 19.7 Å². The molecule has 0 saturated carbocycles. The summed E-state index contributed by atoms with van der Waals surface area (Å²) < 4.78 is 58.2. The van der Waals surface area contributed by atoms with Crippen molar-refractivity contribution in [3.63, 3.8) is 0 Å². The van der Waals surface area contributed by atoms with Gasteiger partial charge in [-0.25, -0.2) is 16.8 Å². The molecule has 4 nitrogen and oxygen atoms in total. The maximum absolute atomic E-state index is 14.5. The molecule has 0 N–H and O–H groups in total. The summed E-state index contributed by atoms with van der Waals surface area (Å²) in [7, 11) is -7.54. The highest BCUT2D eigenvalue weighted by atomic mass is 32.2. The molecule has 4 heterocycles. The number of thiophene rings is 2. The van der Waals surface area contributed by atoms with E-state index in [9.17, 15) is 16.8 Å². The van der Waals surface area contributed by atoms with Gasteiger partial charge in [-0.1, -0.05) is 117 Å². The van der Waals surface area contributed by atoms with E-state index < -0.39 is 19.7 Å². The van der Waals surface area contributed by atoms with Gasteiger partial charge >= 0.3 is 0 Å². The van der Waals surface area contributed by atoms with E-state index in [-0.39, 0.29) is 0 Å². The Morgan fingerprint density at radius 3 is 1.21 bits per heavy atom. The first kappa shape index (κ1) is 41.9. The summed E-state index contributed by atoms with van der Waals surface area (Å²) in [5.74, 6) is 0. The third-order valence-corrected chi connectivity index (χ3v) is 17.0. The lowest BCUT2D eigenvalue weighted by Crippen LogP contribution is -2.08. The Morgan fingerprint density at radius 1 is 0.491 bits per heavy atom. The van der Waals surface area contributed by atoms with E-state index in [0.29, 0.717) is 38.9 Å². The Kier molecular flexibility index (Phi) is 15.9. The first-order chi connectivity index (χ1) is 25.6. The zero-order chi connectivity index (χ0) is 37.8. The molecular weight excluding hydrogens is 733 g/mol. The topological polar surface area (TPSA) is 68.3 Å². The third-order valence-electron chi connectivity index (χ3n) is 10.8. The molecule has 2 aromatic rings. The van der Waals surface area contributed by atoms with Crippen molar-refractivity contribution in [1.82, 2.24) is 0 Å². The van der Waals surface area contributed by atoms with Crippen LogP contribution in [0.3, 0.4) is 0 Å². The summed E-state index contributed by atoms with van der Waals surface area (Å²) in [5.41, 5.74) is 5.62. The summed E-state index contributed by atoms with van der Waals surface area (Å²) in [6.07, 6.45) is 29.2. The molecule has 8 heteroatoms. The second kappa shape index (κ2) is 20.1. The molecule has 0 fully saturated rings. The van der Waals surface area contributed by atoms with Gasteiger partial charge < -0.3 is 0 Å². The van der Waals surface area contributed by atoms with Gasteiger partial charge in [0, 0.05) is 16.2 Å². The van der Waals surface area contributed by atoms with Gasteiger partial charge in [-0.3, -0.25) is 0 Å². The van der Waals surface area contributed by atoms with E-state index >= 15 is 0 Å². The van der Waals surface area contributed by atoms with Gasteiger partial charge in [0.15, 0.2) is 0 Å². The highest BCUT2D eigenvalue weighted by Gasteiger charge is 2.40. The molecule has 0 amide bonds. The van der Waals surface area contributed by atoms with Crippen LogP contribution < -0.4 is 0 Å². The Bertz CT molecular complexity index is 1830. The van der Waals surface area contributed by atoms with Crippen LogP contribution in [0, 0.1) is 0 Å². The lowest BCUT2D eigenvalue weighted by atomic mass is 9.99. The van der Waals surface area contributed by atoms with Crippen molar-refractivity contribution in [3.8, 4) is 0 Å². The second-order valence-electron chi connectivity index (χ2n) is 15.2. The van der Waals surface area contributed by atoms with Crippen LogP contribution in [0.5, 0.6) is 0 Å². The molecule has 0 bridgehead atoms. The third kappa shape index (κ3) is 10.3. The van der Waals surface area contributed by atoms with Gasteiger partial charge in [0.25, 0.3) is 0 Å². The number of sulfone groups is 2. The lowest BCUT2D eigenvalue weighted by molar-refractivity contribution is 0.610. The number of unbranched alkanes of at least 4 members (excludes halogenated alkanes) is 12. The monoisotopic (exact) mass is 794 g/mol. The molecule has 0 spiro atoms. The van der Waals surface area contributed by atoms with Crippen molar-refractivity contribution in [2.45, 2.75) is 163 Å². The predicted octanol–water partition coefficient (Wildman–Crippen LogP) is 14.0. The minimum Gasteiger partial charge on any atom is -0.218 e. The van der Waals surface area contributed by atoms with Crippen LogP contribution in [0.2, 0.25) is 0 Å². The van der Waals surface area contributed by atoms with Crippen LogP contribution in [-0.2, 0) is 32.5 Å². The Hall–Kier alpha value is -2.26. The van der Waals surface area contributed by atoms with Crippen LogP contribution in [0.25, 0.3) is 9.81 Å². The zero-order valence-electron chi connectivity index (χ0n) is 32.7. The Morgan fingerprint density at radius 2 is 0.849 bits per heavy atom. The molecule has 53 heavy (non-hydrogen) atoms. The molecule has 0 aromatic carbocycles. The largest absolute Gasteiger partial charge is 0.218 e. The van der Waals surface area contributed by atoms with Crippen molar-refractivity contribution in [2.24, 2.45) is 0 Å². The minimum atomic E-state index is -3.77. The number of rotatable bonds is 24. The molecule has 290 valence electrons. The smallest absolute Gasteiger partial charge is 0.208 e. The van der Waals surface area contributed by atoms with Gasteiger partial charge in [-0.15, -0.1) is 22.7 Å². The van der Waals surface area contributed by atoms with E-state index in [4.69, 9.17) is 0 Å². The van der Waals surface area contributed by atoms with E-state index in [1.807, 2.05) is 24.3 Å². The van der Waals surface area contributed by atoms with Crippen molar-refractivity contribution in [1.29, 1.82) is 0 Å². The zero-order valence-corrected chi connectivity index (χ0v) is 36.0. The summed E-state index contributed by atoms with van der Waals surface area (Å²) >= 11 is 3.06. The highest BCUT2D eigenvalue weighted by molar-refractivity contribution is 8.05. The lowest BCUT2D eigenvalue weighted by Gasteiger charge is -2.14. The number of aryl methyl sites for hydroxylation is 2. The molecule has 0 saturated heterocycles. The summed E-state index contributed by atoms with van der Waals surface area (Å²) in [4.78, 5) is 3.27. The summed E-state index contributed by atoms with van der Waals surface area (Å²) in [6, 6.07) is 4.17. The molecule has 1 aliphatic carbocycles. The van der Waals surface area contributed by atoms with E-state index in [1.54, 1.807) is 0 Å². The van der Waals surface area contributed by atoms with Crippen molar-refractivity contribution in [2.75, 3.05) is 0 Å². The van der Waals surface area contributed by atoms with Crippen molar-refractivity contribution >= 4 is 52.2 Å². The fourth-order valence-corrected chi connectivity index (χ4v) is 14.1. The standard InChI is InChI=1S/C45H62O4S4/c1-5-9-13-17-21-34-27-40(50-32-34)42-30-36(23-19-15-11-7-3)44(52(42,46)47)38-25-26-39(29-38)45-37(24-20-16-12-8-4)31-43(53(45,48)49)41-28-35(33-51-41)22-18-14-10-6-2/h25-28,30-33H,5-24,29H2,1-4H3. The van der Waals surface area contributed by atoms with Gasteiger partial charge in [-0.2, -0.15) is 0 Å². The average Bonchev–Trinajstić information content (AvgIpc) is 3.96. The van der Waals surface area contributed by atoms with E-state index in [1.165, 1.54) is 72.3 Å². The first-order valence-electron chi connectivity index (χ1n) is 20.6. The minimum absolute atomic E-state index is 0.308. The molecule has 2 aromatic heterocycles. The highest BCUT2D eigenvalue weighted by Crippen LogP contribution is 2.50. The number of allylic oxidation sites excluding steroid dienone is 8. The molecular formula is C45H62O4S4.